The zero-order valence-electron chi connectivity index (χ0n) is 18.9. The molecule has 2 aromatic carbocycles. The molecule has 174 valence electrons. The number of rotatable bonds is 3. The molecule has 4 atom stereocenters. The third-order valence-electron chi connectivity index (χ3n) is 8.10. The van der Waals surface area contributed by atoms with E-state index < -0.39 is 28.2 Å². The number of benzene rings is 2. The Balaban J connectivity index is 1.53. The monoisotopic (exact) mass is 460 g/mol. The molecular weight excluding hydrogens is 436 g/mol. The lowest BCUT2D eigenvalue weighted by molar-refractivity contribution is -0.384. The Hall–Kier alpha value is -3.59. The van der Waals surface area contributed by atoms with E-state index in [0.29, 0.717) is 23.5 Å². The minimum atomic E-state index is -1.22. The number of nitrogens with one attached hydrogen (secondary N) is 1. The van der Waals surface area contributed by atoms with Gasteiger partial charge in [-0.25, -0.2) is 4.90 Å². The maximum Gasteiger partial charge on any atom is 0.269 e. The average Bonchev–Trinajstić information content (AvgIpc) is 3.52. The molecule has 4 heterocycles. The summed E-state index contributed by atoms with van der Waals surface area (Å²) in [6.07, 6.45) is 2.38. The van der Waals surface area contributed by atoms with Gasteiger partial charge in [-0.15, -0.1) is 0 Å². The Labute approximate surface area is 195 Å². The predicted octanol–water partition coefficient (Wildman–Crippen LogP) is 2.90. The lowest BCUT2D eigenvalue weighted by Gasteiger charge is -2.37. The van der Waals surface area contributed by atoms with Crippen molar-refractivity contribution in [3.8, 4) is 0 Å². The summed E-state index contributed by atoms with van der Waals surface area (Å²) < 4.78 is 0. The van der Waals surface area contributed by atoms with Crippen molar-refractivity contribution < 1.29 is 19.3 Å². The summed E-state index contributed by atoms with van der Waals surface area (Å²) in [5.41, 5.74) is 2.03. The van der Waals surface area contributed by atoms with Crippen LogP contribution < -0.4 is 10.2 Å². The summed E-state index contributed by atoms with van der Waals surface area (Å²) in [6, 6.07) is 9.79. The minimum absolute atomic E-state index is 0.102. The number of amides is 3. The molecule has 0 unspecified atom stereocenters. The van der Waals surface area contributed by atoms with Gasteiger partial charge >= 0.3 is 0 Å². The molecule has 0 aliphatic carbocycles. The Bertz CT molecular complexity index is 1310. The third-order valence-corrected chi connectivity index (χ3v) is 8.10. The topological polar surface area (TPSA) is 113 Å². The Morgan fingerprint density at radius 1 is 1.15 bits per heavy atom. The molecule has 1 N–H and O–H groups in total. The van der Waals surface area contributed by atoms with Crippen molar-refractivity contribution in [2.24, 2.45) is 11.8 Å². The van der Waals surface area contributed by atoms with Crippen LogP contribution in [0.1, 0.15) is 36.5 Å². The lowest BCUT2D eigenvalue weighted by Crippen LogP contribution is -2.54. The number of hydrogen-bond donors (Lipinski definition) is 1. The largest absolute Gasteiger partial charge is 0.324 e. The lowest BCUT2D eigenvalue weighted by atomic mass is 9.75. The third kappa shape index (κ3) is 2.39. The van der Waals surface area contributed by atoms with Crippen LogP contribution in [0.3, 0.4) is 0 Å². The fourth-order valence-electron chi connectivity index (χ4n) is 6.71. The number of hydrogen-bond acceptors (Lipinski definition) is 6. The number of aryl methyl sites for hydroxylation is 2. The molecule has 1 spiro atoms. The first kappa shape index (κ1) is 21.0. The molecule has 3 fully saturated rings. The number of fused-ring (bicyclic) bond motifs is 7. The second-order valence-corrected chi connectivity index (χ2v) is 9.60. The van der Waals surface area contributed by atoms with Crippen LogP contribution in [0.5, 0.6) is 0 Å². The van der Waals surface area contributed by atoms with Crippen molar-refractivity contribution >= 4 is 34.8 Å². The summed E-state index contributed by atoms with van der Waals surface area (Å²) >= 11 is 0. The van der Waals surface area contributed by atoms with E-state index in [1.165, 1.54) is 23.1 Å². The van der Waals surface area contributed by atoms with E-state index in [4.69, 9.17) is 0 Å². The highest BCUT2D eigenvalue weighted by molar-refractivity contribution is 6.26. The van der Waals surface area contributed by atoms with Crippen LogP contribution in [-0.2, 0) is 26.3 Å². The Morgan fingerprint density at radius 3 is 2.65 bits per heavy atom. The number of anilines is 2. The molecule has 3 saturated heterocycles. The van der Waals surface area contributed by atoms with Gasteiger partial charge in [-0.3, -0.25) is 29.4 Å². The van der Waals surface area contributed by atoms with Crippen LogP contribution in [0.2, 0.25) is 0 Å². The number of nitrogens with zero attached hydrogens (tertiary/aromatic N) is 3. The second-order valence-electron chi connectivity index (χ2n) is 9.60. The van der Waals surface area contributed by atoms with Gasteiger partial charge in [0.25, 0.3) is 5.69 Å². The average molecular weight is 460 g/mol. The number of imide groups is 1. The smallest absolute Gasteiger partial charge is 0.269 e. The van der Waals surface area contributed by atoms with E-state index in [9.17, 15) is 24.5 Å². The highest BCUT2D eigenvalue weighted by Crippen LogP contribution is 2.60. The SMILES string of the molecule is CCc1ccc2c(c1)[C@]1(C(=O)N2)[C@@H]2C(=O)N(c3ccc([N+](=O)[O-])cc3C)C(=O)[C@@H]2[C@@H]2CCCN21. The van der Waals surface area contributed by atoms with Gasteiger partial charge in [-0.1, -0.05) is 19.1 Å². The molecule has 0 saturated carbocycles. The van der Waals surface area contributed by atoms with Crippen LogP contribution in [0.15, 0.2) is 36.4 Å². The van der Waals surface area contributed by atoms with Gasteiger partial charge in [0, 0.05) is 29.4 Å². The fraction of sp³-hybridized carbons (Fsp3) is 0.400. The Morgan fingerprint density at radius 2 is 1.94 bits per heavy atom. The standard InChI is InChI=1S/C25H24N4O5/c1-3-14-6-8-17-16(12-14)25(24(32)26-17)21-20(19-5-4-10-27(19)25)22(30)28(23(21)31)18-9-7-15(29(33)34)11-13(18)2/h6-9,11-12,19-21H,3-5,10H2,1-2H3,(H,26,32)/t19-,20+,21-,25+/m0/s1. The molecule has 2 aromatic rings. The highest BCUT2D eigenvalue weighted by atomic mass is 16.6. The quantitative estimate of drug-likeness (QED) is 0.428. The fourth-order valence-corrected chi connectivity index (χ4v) is 6.71. The van der Waals surface area contributed by atoms with Crippen LogP contribution in [0, 0.1) is 28.9 Å². The van der Waals surface area contributed by atoms with Crippen LogP contribution in [0.4, 0.5) is 17.1 Å². The van der Waals surface area contributed by atoms with Crippen molar-refractivity contribution in [1.29, 1.82) is 0 Å². The van der Waals surface area contributed by atoms with E-state index in [1.54, 1.807) is 6.92 Å². The van der Waals surface area contributed by atoms with E-state index in [2.05, 4.69) is 10.2 Å². The summed E-state index contributed by atoms with van der Waals surface area (Å²) in [7, 11) is 0. The first-order chi connectivity index (χ1) is 16.3. The summed E-state index contributed by atoms with van der Waals surface area (Å²) in [4.78, 5) is 55.5. The number of carbonyl (C=O) groups excluding carboxylic acids is 3. The summed E-state index contributed by atoms with van der Waals surface area (Å²) in [6.45, 7) is 4.34. The van der Waals surface area contributed by atoms with Crippen molar-refractivity contribution in [3.63, 3.8) is 0 Å². The van der Waals surface area contributed by atoms with Gasteiger partial charge < -0.3 is 5.32 Å². The molecule has 9 heteroatoms. The molecule has 34 heavy (non-hydrogen) atoms. The van der Waals surface area contributed by atoms with E-state index in [0.717, 1.165) is 30.4 Å². The van der Waals surface area contributed by atoms with Crippen molar-refractivity contribution in [2.45, 2.75) is 44.7 Å². The maximum atomic E-state index is 14.0. The Kier molecular flexibility index (Phi) is 4.29. The first-order valence-corrected chi connectivity index (χ1v) is 11.6. The number of carbonyl (C=O) groups is 3. The molecular formula is C25H24N4O5. The van der Waals surface area contributed by atoms with Crippen LogP contribution in [0.25, 0.3) is 0 Å². The minimum Gasteiger partial charge on any atom is -0.324 e. The first-order valence-electron chi connectivity index (χ1n) is 11.6. The number of non-ortho nitro benzene ring substituents is 1. The predicted molar refractivity (Wildman–Crippen MR) is 123 cm³/mol. The van der Waals surface area contributed by atoms with Gasteiger partial charge in [-0.05, 0) is 56.0 Å². The highest BCUT2D eigenvalue weighted by Gasteiger charge is 2.74. The molecule has 0 aromatic heterocycles. The number of nitro groups is 1. The normalized spacial score (nSPS) is 29.5. The summed E-state index contributed by atoms with van der Waals surface area (Å²) in [5.74, 6) is -2.46. The van der Waals surface area contributed by atoms with E-state index in [-0.39, 0.29) is 23.5 Å². The van der Waals surface area contributed by atoms with Crippen LogP contribution in [-0.4, -0.2) is 40.1 Å². The number of nitro benzene ring substituents is 1. The van der Waals surface area contributed by atoms with E-state index in [1.807, 2.05) is 25.1 Å². The van der Waals surface area contributed by atoms with Gasteiger partial charge in [0.15, 0.2) is 0 Å². The molecule has 3 amide bonds. The molecule has 9 nitrogen and oxygen atoms in total. The van der Waals surface area contributed by atoms with Crippen molar-refractivity contribution in [1.82, 2.24) is 4.90 Å². The van der Waals surface area contributed by atoms with Gasteiger partial charge in [0.1, 0.15) is 5.54 Å². The van der Waals surface area contributed by atoms with Gasteiger partial charge in [-0.2, -0.15) is 0 Å². The van der Waals surface area contributed by atoms with Crippen molar-refractivity contribution in [2.75, 3.05) is 16.8 Å². The van der Waals surface area contributed by atoms with Crippen LogP contribution >= 0.6 is 0 Å². The molecule has 6 rings (SSSR count). The van der Waals surface area contributed by atoms with Gasteiger partial charge in [0.05, 0.1) is 22.4 Å². The molecule has 0 bridgehead atoms. The van der Waals surface area contributed by atoms with Crippen molar-refractivity contribution in [3.05, 3.63) is 63.2 Å². The zero-order chi connectivity index (χ0) is 23.9. The summed E-state index contributed by atoms with van der Waals surface area (Å²) in [5, 5.41) is 14.2. The molecule has 0 radical (unpaired) electrons. The van der Waals surface area contributed by atoms with Gasteiger partial charge in [0.2, 0.25) is 17.7 Å². The molecule has 4 aliphatic heterocycles. The van der Waals surface area contributed by atoms with E-state index >= 15 is 0 Å². The zero-order valence-corrected chi connectivity index (χ0v) is 18.9. The molecule has 4 aliphatic rings. The second kappa shape index (κ2) is 6.96. The maximum absolute atomic E-state index is 14.0.